The van der Waals surface area contributed by atoms with Crippen molar-refractivity contribution in [2.45, 2.75) is 49.9 Å². The lowest BCUT2D eigenvalue weighted by atomic mass is 9.74. The van der Waals surface area contributed by atoms with Gasteiger partial charge in [0.25, 0.3) is 0 Å². The maximum Gasteiger partial charge on any atom is 0.143 e. The van der Waals surface area contributed by atoms with Gasteiger partial charge in [-0.3, -0.25) is 0 Å². The average molecular weight is 825 g/mol. The van der Waals surface area contributed by atoms with Gasteiger partial charge in [0, 0.05) is 44.5 Å². The minimum Gasteiger partial charge on any atom is -0.455 e. The van der Waals surface area contributed by atoms with Crippen LogP contribution in [0.15, 0.2) is 215 Å². The highest BCUT2D eigenvalue weighted by molar-refractivity contribution is 6.10. The first-order valence-electron chi connectivity index (χ1n) is 22.9. The molecule has 2 heterocycles. The first-order chi connectivity index (χ1) is 31.6. The van der Waals surface area contributed by atoms with Crippen LogP contribution in [0.25, 0.3) is 72.2 Å². The molecule has 2 aliphatic rings. The lowest BCUT2D eigenvalue weighted by molar-refractivity contribution is 0.570. The molecule has 0 fully saturated rings. The van der Waals surface area contributed by atoms with Gasteiger partial charge in [0.05, 0.1) is 0 Å². The number of hydrogen-bond donors (Lipinski definition) is 0. The monoisotopic (exact) mass is 824 g/mol. The Bertz CT molecular complexity index is 3440. The molecular weight excluding hydrogens is 777 g/mol. The highest BCUT2D eigenvalue weighted by atomic mass is 16.3. The Labute approximate surface area is 374 Å². The maximum atomic E-state index is 6.48. The van der Waals surface area contributed by atoms with Crippen LogP contribution in [0, 0.1) is 0 Å². The molecule has 0 amide bonds. The van der Waals surface area contributed by atoms with Gasteiger partial charge in [-0.2, -0.15) is 0 Å². The maximum absolute atomic E-state index is 6.48. The molecular formula is C62H48O2. The molecule has 308 valence electrons. The standard InChI is InChI=1S/C62H48O2/c1-40(42-32-34-46(35-33-42)53-23-13-25-57-55-20-8-10-27-60(55)64-62(53)57)58(36-41-28-30-45(31-29-41)52-22-12-24-56-54-19-7-9-26-59(54)63-61(52)56)49-38-47(43-14-3-2-4-15-43)37-48(39-49)51-21-11-17-44-16-5-6-18-50(44)51/h2-14,16-20,22-35,37-40,43,51,58H,15,21,36H2,1H3. The van der Waals surface area contributed by atoms with E-state index < -0.39 is 0 Å². The Balaban J connectivity index is 0.948. The number of fused-ring (bicyclic) bond motifs is 7. The van der Waals surface area contributed by atoms with E-state index in [9.17, 15) is 0 Å². The van der Waals surface area contributed by atoms with Crippen LogP contribution in [-0.2, 0) is 6.42 Å². The van der Waals surface area contributed by atoms with Gasteiger partial charge in [-0.25, -0.2) is 0 Å². The molecule has 8 aromatic carbocycles. The minimum absolute atomic E-state index is 0.213. The second-order valence-electron chi connectivity index (χ2n) is 17.9. The Morgan fingerprint density at radius 3 is 1.80 bits per heavy atom. The average Bonchev–Trinajstić information content (AvgIpc) is 3.95. The highest BCUT2D eigenvalue weighted by Gasteiger charge is 2.27. The largest absolute Gasteiger partial charge is 0.455 e. The molecule has 64 heavy (non-hydrogen) atoms. The quantitative estimate of drug-likeness (QED) is 0.145. The Hall–Kier alpha value is -7.42. The van der Waals surface area contributed by atoms with Crippen molar-refractivity contribution in [3.05, 3.63) is 245 Å². The summed E-state index contributed by atoms with van der Waals surface area (Å²) in [5, 5.41) is 4.62. The van der Waals surface area contributed by atoms with E-state index in [0.717, 1.165) is 79.8 Å². The molecule has 0 saturated carbocycles. The molecule has 0 N–H and O–H groups in total. The minimum atomic E-state index is 0.213. The zero-order valence-electron chi connectivity index (χ0n) is 36.0. The van der Waals surface area contributed by atoms with Crippen molar-refractivity contribution in [1.29, 1.82) is 0 Å². The lowest BCUT2D eigenvalue weighted by Crippen LogP contribution is -2.15. The molecule has 0 saturated heterocycles. The van der Waals surface area contributed by atoms with Crippen LogP contribution in [0.5, 0.6) is 0 Å². The first kappa shape index (κ1) is 38.3. The van der Waals surface area contributed by atoms with E-state index in [1.807, 2.05) is 12.1 Å². The number of allylic oxidation sites excluding steroid dienone is 5. The molecule has 2 heteroatoms. The summed E-state index contributed by atoms with van der Waals surface area (Å²) in [5.41, 5.74) is 17.9. The summed E-state index contributed by atoms with van der Waals surface area (Å²) >= 11 is 0. The van der Waals surface area contributed by atoms with Gasteiger partial charge >= 0.3 is 0 Å². The van der Waals surface area contributed by atoms with Crippen molar-refractivity contribution >= 4 is 50.0 Å². The first-order valence-corrected chi connectivity index (χ1v) is 22.9. The predicted octanol–water partition coefficient (Wildman–Crippen LogP) is 17.1. The third-order valence-corrected chi connectivity index (χ3v) is 14.2. The fourth-order valence-corrected chi connectivity index (χ4v) is 10.7. The third-order valence-electron chi connectivity index (χ3n) is 14.2. The summed E-state index contributed by atoms with van der Waals surface area (Å²) < 4.78 is 12.9. The van der Waals surface area contributed by atoms with Crippen molar-refractivity contribution in [3.8, 4) is 22.3 Å². The van der Waals surface area contributed by atoms with Crippen molar-refractivity contribution < 1.29 is 8.83 Å². The summed E-state index contributed by atoms with van der Waals surface area (Å²) in [5.74, 6) is 1.09. The van der Waals surface area contributed by atoms with Gasteiger partial charge in [-0.1, -0.05) is 207 Å². The van der Waals surface area contributed by atoms with Crippen LogP contribution in [0.2, 0.25) is 0 Å². The number of rotatable bonds is 9. The summed E-state index contributed by atoms with van der Waals surface area (Å²) in [6, 6.07) is 64.8. The normalized spacial score (nSPS) is 16.8. The molecule has 0 spiro atoms. The Morgan fingerprint density at radius 2 is 1.12 bits per heavy atom. The van der Waals surface area contributed by atoms with Crippen molar-refractivity contribution in [2.24, 2.45) is 0 Å². The molecule has 0 bridgehead atoms. The SMILES string of the molecule is CC(c1ccc(-c2cccc3c2oc2ccccc23)cc1)C(Cc1ccc(-c2cccc3c2oc2ccccc23)cc1)c1cc(C2C=CC=CC2)cc(C2CC=Cc3ccccc32)c1. The highest BCUT2D eigenvalue weighted by Crippen LogP contribution is 2.44. The number of benzene rings is 8. The van der Waals surface area contributed by atoms with E-state index in [2.05, 4.69) is 207 Å². The van der Waals surface area contributed by atoms with Crippen molar-refractivity contribution in [1.82, 2.24) is 0 Å². The third kappa shape index (κ3) is 6.82. The molecule has 2 aliphatic carbocycles. The Morgan fingerprint density at radius 1 is 0.516 bits per heavy atom. The number of furan rings is 2. The van der Waals surface area contributed by atoms with Gasteiger partial charge in [-0.05, 0) is 93.3 Å². The van der Waals surface area contributed by atoms with Crippen LogP contribution in [0.4, 0.5) is 0 Å². The van der Waals surface area contributed by atoms with Gasteiger partial charge in [-0.15, -0.1) is 0 Å². The van der Waals surface area contributed by atoms with Gasteiger partial charge in [0.15, 0.2) is 0 Å². The molecule has 4 unspecified atom stereocenters. The summed E-state index contributed by atoms with van der Waals surface area (Å²) in [6.07, 6.45) is 16.7. The van der Waals surface area contributed by atoms with Gasteiger partial charge < -0.3 is 8.83 Å². The van der Waals surface area contributed by atoms with E-state index in [1.54, 1.807) is 0 Å². The zero-order chi connectivity index (χ0) is 42.6. The van der Waals surface area contributed by atoms with E-state index in [1.165, 1.54) is 44.5 Å². The second-order valence-corrected chi connectivity index (χ2v) is 17.9. The zero-order valence-corrected chi connectivity index (χ0v) is 36.0. The van der Waals surface area contributed by atoms with Crippen molar-refractivity contribution in [2.75, 3.05) is 0 Å². The molecule has 4 atom stereocenters. The molecule has 0 radical (unpaired) electrons. The van der Waals surface area contributed by atoms with E-state index in [-0.39, 0.29) is 11.8 Å². The van der Waals surface area contributed by atoms with Crippen LogP contribution < -0.4 is 0 Å². The fourth-order valence-electron chi connectivity index (χ4n) is 10.7. The topological polar surface area (TPSA) is 26.3 Å². The number of hydrogen-bond acceptors (Lipinski definition) is 2. The van der Waals surface area contributed by atoms with Crippen LogP contribution >= 0.6 is 0 Å². The van der Waals surface area contributed by atoms with E-state index in [0.29, 0.717) is 11.8 Å². The lowest BCUT2D eigenvalue weighted by Gasteiger charge is -2.30. The summed E-state index contributed by atoms with van der Waals surface area (Å²) in [6.45, 7) is 2.44. The molecule has 10 aromatic rings. The van der Waals surface area contributed by atoms with Crippen LogP contribution in [-0.4, -0.2) is 0 Å². The fraction of sp³-hybridized carbons (Fsp3) is 0.129. The van der Waals surface area contributed by atoms with Gasteiger partial charge in [0.1, 0.15) is 22.3 Å². The summed E-state index contributed by atoms with van der Waals surface area (Å²) in [7, 11) is 0. The van der Waals surface area contributed by atoms with Gasteiger partial charge in [0.2, 0.25) is 0 Å². The molecule has 0 aliphatic heterocycles. The van der Waals surface area contributed by atoms with Crippen molar-refractivity contribution in [3.63, 3.8) is 0 Å². The van der Waals surface area contributed by atoms with Crippen LogP contribution in [0.3, 0.4) is 0 Å². The second kappa shape index (κ2) is 16.0. The van der Waals surface area contributed by atoms with E-state index in [4.69, 9.17) is 8.83 Å². The van der Waals surface area contributed by atoms with Crippen LogP contribution in [0.1, 0.15) is 82.4 Å². The number of para-hydroxylation sites is 4. The van der Waals surface area contributed by atoms with E-state index >= 15 is 0 Å². The smallest absolute Gasteiger partial charge is 0.143 e. The predicted molar refractivity (Wildman–Crippen MR) is 267 cm³/mol. The Kier molecular flexibility index (Phi) is 9.60. The molecule has 2 nitrogen and oxygen atoms in total. The molecule has 12 rings (SSSR count). The molecule has 2 aromatic heterocycles. The summed E-state index contributed by atoms with van der Waals surface area (Å²) in [4.78, 5) is 0.